The van der Waals surface area contributed by atoms with Crippen LogP contribution < -0.4 is 10.1 Å². The minimum Gasteiger partial charge on any atom is -0.493 e. The number of para-hydroxylation sites is 1. The number of hydrogen-bond donors (Lipinski definition) is 1. The lowest BCUT2D eigenvalue weighted by atomic mass is 9.93. The van der Waals surface area contributed by atoms with Crippen LogP contribution in [0.3, 0.4) is 0 Å². The van der Waals surface area contributed by atoms with Gasteiger partial charge >= 0.3 is 0 Å². The monoisotopic (exact) mass is 261 g/mol. The summed E-state index contributed by atoms with van der Waals surface area (Å²) in [6.07, 6.45) is 1.08. The lowest BCUT2D eigenvalue weighted by molar-refractivity contribution is 0.157. The van der Waals surface area contributed by atoms with Crippen molar-refractivity contribution in [1.82, 2.24) is 5.32 Å². The molecule has 2 rings (SSSR count). The number of nitrogens with one attached hydrogen (secondary N) is 1. The lowest BCUT2D eigenvalue weighted by Crippen LogP contribution is -2.28. The Bertz CT molecular complexity index is 417. The van der Waals surface area contributed by atoms with E-state index >= 15 is 0 Å². The van der Waals surface area contributed by atoms with Crippen molar-refractivity contribution in [2.24, 2.45) is 0 Å². The summed E-state index contributed by atoms with van der Waals surface area (Å²) in [7, 11) is 0. The van der Waals surface area contributed by atoms with Crippen molar-refractivity contribution in [2.45, 2.75) is 19.3 Å². The van der Waals surface area contributed by atoms with E-state index in [-0.39, 0.29) is 0 Å². The van der Waals surface area contributed by atoms with Gasteiger partial charge in [0.05, 0.1) is 19.8 Å². The smallest absolute Gasteiger partial charge is 0.122 e. The Labute approximate surface area is 115 Å². The second-order valence-corrected chi connectivity index (χ2v) is 5.09. The first kappa shape index (κ1) is 14.1. The van der Waals surface area contributed by atoms with E-state index in [4.69, 9.17) is 9.47 Å². The minimum absolute atomic E-state index is 0.547. The molecule has 0 radical (unpaired) electrons. The Morgan fingerprint density at radius 3 is 3.16 bits per heavy atom. The van der Waals surface area contributed by atoms with E-state index in [1.807, 2.05) is 13.0 Å². The zero-order valence-corrected chi connectivity index (χ0v) is 11.7. The normalized spacial score (nSPS) is 17.6. The maximum absolute atomic E-state index is 5.66. The van der Waals surface area contributed by atoms with Gasteiger partial charge in [0.15, 0.2) is 0 Å². The Balaban J connectivity index is 1.71. The van der Waals surface area contributed by atoms with Gasteiger partial charge in [0.2, 0.25) is 0 Å². The Morgan fingerprint density at radius 2 is 2.32 bits per heavy atom. The van der Waals surface area contributed by atoms with Crippen molar-refractivity contribution in [2.75, 3.05) is 32.9 Å². The largest absolute Gasteiger partial charge is 0.493 e. The highest BCUT2D eigenvalue weighted by atomic mass is 16.5. The van der Waals surface area contributed by atoms with Gasteiger partial charge in [-0.15, -0.1) is 0 Å². The standard InChI is InChI=1S/C16H23NO2/c1-13(2)12-18-10-8-17-11-14-7-9-19-16-6-4-3-5-15(14)16/h3-6,14,17H,1,7-12H2,2H3. The van der Waals surface area contributed by atoms with Crippen LogP contribution in [-0.2, 0) is 4.74 Å². The molecule has 19 heavy (non-hydrogen) atoms. The van der Waals surface area contributed by atoms with E-state index in [0.29, 0.717) is 12.5 Å². The molecule has 0 aromatic heterocycles. The molecule has 1 aliphatic rings. The van der Waals surface area contributed by atoms with Crippen LogP contribution in [0.15, 0.2) is 36.4 Å². The van der Waals surface area contributed by atoms with Crippen LogP contribution in [0.25, 0.3) is 0 Å². The van der Waals surface area contributed by atoms with Crippen molar-refractivity contribution in [3.8, 4) is 5.75 Å². The SMILES string of the molecule is C=C(C)COCCNCC1CCOc2ccccc21. The van der Waals surface area contributed by atoms with Gasteiger partial charge in [-0.25, -0.2) is 0 Å². The first-order valence-electron chi connectivity index (χ1n) is 6.92. The highest BCUT2D eigenvalue weighted by molar-refractivity contribution is 5.37. The molecule has 1 aliphatic heterocycles. The van der Waals surface area contributed by atoms with E-state index < -0.39 is 0 Å². The van der Waals surface area contributed by atoms with Gasteiger partial charge in [0.1, 0.15) is 5.75 Å². The van der Waals surface area contributed by atoms with E-state index in [1.54, 1.807) is 0 Å². The summed E-state index contributed by atoms with van der Waals surface area (Å²) in [6.45, 7) is 9.86. The zero-order valence-electron chi connectivity index (χ0n) is 11.7. The molecule has 104 valence electrons. The van der Waals surface area contributed by atoms with Gasteiger partial charge in [-0.2, -0.15) is 0 Å². The van der Waals surface area contributed by atoms with Crippen molar-refractivity contribution in [3.05, 3.63) is 42.0 Å². The molecule has 0 spiro atoms. The Hall–Kier alpha value is -1.32. The van der Waals surface area contributed by atoms with Crippen molar-refractivity contribution < 1.29 is 9.47 Å². The summed E-state index contributed by atoms with van der Waals surface area (Å²) in [5.41, 5.74) is 2.39. The van der Waals surface area contributed by atoms with Crippen LogP contribution in [0.1, 0.15) is 24.8 Å². The van der Waals surface area contributed by atoms with Crippen LogP contribution in [0.2, 0.25) is 0 Å². The Morgan fingerprint density at radius 1 is 1.47 bits per heavy atom. The maximum Gasteiger partial charge on any atom is 0.122 e. The van der Waals surface area contributed by atoms with Gasteiger partial charge in [-0.3, -0.25) is 0 Å². The molecule has 1 aromatic rings. The third kappa shape index (κ3) is 4.37. The van der Waals surface area contributed by atoms with Gasteiger partial charge < -0.3 is 14.8 Å². The zero-order chi connectivity index (χ0) is 13.5. The molecule has 1 unspecified atom stereocenters. The molecule has 0 aliphatic carbocycles. The van der Waals surface area contributed by atoms with Crippen LogP contribution in [0.5, 0.6) is 5.75 Å². The van der Waals surface area contributed by atoms with Gasteiger partial charge in [0.25, 0.3) is 0 Å². The van der Waals surface area contributed by atoms with Gasteiger partial charge in [-0.05, 0) is 25.0 Å². The molecule has 0 saturated heterocycles. The Kier molecular flexibility index (Phi) is 5.43. The summed E-state index contributed by atoms with van der Waals surface area (Å²) < 4.78 is 11.1. The first-order valence-corrected chi connectivity index (χ1v) is 6.92. The number of hydrogen-bond acceptors (Lipinski definition) is 3. The third-order valence-electron chi connectivity index (χ3n) is 3.25. The second kappa shape index (κ2) is 7.31. The fourth-order valence-corrected chi connectivity index (χ4v) is 2.29. The average molecular weight is 261 g/mol. The first-order chi connectivity index (χ1) is 9.27. The fraction of sp³-hybridized carbons (Fsp3) is 0.500. The molecule has 0 fully saturated rings. The predicted octanol–water partition coefficient (Wildman–Crippen LogP) is 2.74. The van der Waals surface area contributed by atoms with Crippen molar-refractivity contribution in [1.29, 1.82) is 0 Å². The highest BCUT2D eigenvalue weighted by Crippen LogP contribution is 2.32. The van der Waals surface area contributed by atoms with E-state index in [9.17, 15) is 0 Å². The number of ether oxygens (including phenoxy) is 2. The molecule has 0 saturated carbocycles. The van der Waals surface area contributed by atoms with Crippen LogP contribution in [0, 0.1) is 0 Å². The number of benzene rings is 1. The fourth-order valence-electron chi connectivity index (χ4n) is 2.29. The molecular formula is C16H23NO2. The third-order valence-corrected chi connectivity index (χ3v) is 3.25. The lowest BCUT2D eigenvalue weighted by Gasteiger charge is -2.26. The number of rotatable bonds is 7. The molecular weight excluding hydrogens is 238 g/mol. The summed E-state index contributed by atoms with van der Waals surface area (Å²) in [5, 5.41) is 3.46. The average Bonchev–Trinajstić information content (AvgIpc) is 2.42. The van der Waals surface area contributed by atoms with Crippen molar-refractivity contribution in [3.63, 3.8) is 0 Å². The summed E-state index contributed by atoms with van der Waals surface area (Å²) in [5.74, 6) is 1.59. The molecule has 3 heteroatoms. The molecule has 1 atom stereocenters. The minimum atomic E-state index is 0.547. The molecule has 3 nitrogen and oxygen atoms in total. The van der Waals surface area contributed by atoms with E-state index in [1.165, 1.54) is 5.56 Å². The highest BCUT2D eigenvalue weighted by Gasteiger charge is 2.20. The summed E-state index contributed by atoms with van der Waals surface area (Å²) in [6, 6.07) is 8.33. The van der Waals surface area contributed by atoms with Crippen molar-refractivity contribution >= 4 is 0 Å². The predicted molar refractivity (Wildman–Crippen MR) is 77.8 cm³/mol. The molecule has 0 bridgehead atoms. The molecule has 1 N–H and O–H groups in total. The summed E-state index contributed by atoms with van der Waals surface area (Å²) >= 11 is 0. The molecule has 1 heterocycles. The molecule has 1 aromatic carbocycles. The summed E-state index contributed by atoms with van der Waals surface area (Å²) in [4.78, 5) is 0. The topological polar surface area (TPSA) is 30.5 Å². The van der Waals surface area contributed by atoms with Crippen LogP contribution in [-0.4, -0.2) is 32.9 Å². The van der Waals surface area contributed by atoms with Crippen LogP contribution in [0.4, 0.5) is 0 Å². The van der Waals surface area contributed by atoms with Crippen LogP contribution >= 0.6 is 0 Å². The van der Waals surface area contributed by atoms with Gasteiger partial charge in [0, 0.05) is 19.0 Å². The van der Waals surface area contributed by atoms with E-state index in [2.05, 4.69) is 30.1 Å². The maximum atomic E-state index is 5.66. The van der Waals surface area contributed by atoms with Gasteiger partial charge in [-0.1, -0.05) is 30.4 Å². The second-order valence-electron chi connectivity index (χ2n) is 5.09. The molecule has 0 amide bonds. The van der Waals surface area contributed by atoms with E-state index in [0.717, 1.165) is 44.0 Å². The number of fused-ring (bicyclic) bond motifs is 1. The quantitative estimate of drug-likeness (QED) is 0.605.